The van der Waals surface area contributed by atoms with Gasteiger partial charge in [-0.3, -0.25) is 4.90 Å². The van der Waals surface area contributed by atoms with Crippen molar-refractivity contribution in [3.8, 4) is 23.0 Å². The second-order valence-electron chi connectivity index (χ2n) is 15.3. The molecule has 2 aromatic heterocycles. The molecule has 0 bridgehead atoms. The van der Waals surface area contributed by atoms with Crippen molar-refractivity contribution in [2.75, 3.05) is 105 Å². The van der Waals surface area contributed by atoms with Crippen LogP contribution in [0.4, 0.5) is 20.4 Å². The van der Waals surface area contributed by atoms with E-state index < -0.39 is 11.6 Å². The van der Waals surface area contributed by atoms with Gasteiger partial charge in [0.1, 0.15) is 44.8 Å². The molecular weight excluding hydrogens is 862 g/mol. The summed E-state index contributed by atoms with van der Waals surface area (Å²) in [5.74, 6) is 1.24. The van der Waals surface area contributed by atoms with E-state index in [1.807, 2.05) is 0 Å². The summed E-state index contributed by atoms with van der Waals surface area (Å²) >= 11 is 5.55. The van der Waals surface area contributed by atoms with Gasteiger partial charge >= 0.3 is 37.7 Å². The average molecular weight is 929 g/mol. The standard InChI is InChI=1S/C17H23FN4O2.C17H21FN4O2.C5H9N.C5H7N.2CH3.2Al.2Li/c2*1-4-22-7-5-10(6-8-22)17-20-14-11(16(19)21-17)9-12(23-2)15(24-3)13(14)18;2*1-2-4-6-5-3-1;;;;;;/h9-10H,4-8H2,1-3H3,(H2,19,20,21);5,9H,4,6-8H2,1-3H3,(H2,19,20,21);1H,2-5H2;2H,3-5H2;2*1H3;;;;/q;;4*-1;;;2*+1. The van der Waals surface area contributed by atoms with E-state index in [1.165, 1.54) is 45.7 Å². The van der Waals surface area contributed by atoms with Crippen LogP contribution in [0.15, 0.2) is 28.7 Å². The molecule has 0 unspecified atom stereocenters. The molecule has 4 radical (unpaired) electrons. The van der Waals surface area contributed by atoms with Crippen molar-refractivity contribution in [2.45, 2.75) is 63.1 Å². The zero-order chi connectivity index (χ0) is 44.8. The Morgan fingerprint density at radius 3 is 1.65 bits per heavy atom. The van der Waals surface area contributed by atoms with E-state index in [-0.39, 0.29) is 104 Å². The number of ether oxygens (including phenoxy) is 4. The molecule has 66 heavy (non-hydrogen) atoms. The number of nitrogens with zero attached hydrogens (tertiary/aromatic N) is 8. The monoisotopic (exact) mass is 929 g/mol. The van der Waals surface area contributed by atoms with Crippen molar-refractivity contribution < 1.29 is 65.4 Å². The number of benzene rings is 2. The number of anilines is 2. The molecule has 0 aliphatic carbocycles. The zero-order valence-corrected chi connectivity index (χ0v) is 43.4. The number of nitrogen functional groups attached to an aromatic ring is 2. The van der Waals surface area contributed by atoms with Gasteiger partial charge in [-0.25, -0.2) is 28.7 Å². The molecule has 348 valence electrons. The number of likely N-dealkylation sites (N-methyl/N-ethyl adjacent to an activating group) is 1. The number of halogens is 2. The zero-order valence-electron chi connectivity index (χ0n) is 41.1. The Hall–Kier alpha value is -2.64. The summed E-state index contributed by atoms with van der Waals surface area (Å²) in [6.45, 7) is 14.2. The maximum Gasteiger partial charge on any atom is 1.00 e. The SMILES string of the molecule is CCN1CC=C(c2nc(N)c3cc(OC)c(OC)c(F)c3n2)CC1.CCN1CCC(c2nc(N)c3cc(OC)c(OC)c(F)c3n2)CC1.[Al][CH]1CC[N-]CC1.[Al][C]1=CC[N-]CC1.[CH3-].[CH3-].[Li+].[Li+]. The van der Waals surface area contributed by atoms with Crippen molar-refractivity contribution in [2.24, 2.45) is 0 Å². The smallest absolute Gasteiger partial charge is 0.662 e. The summed E-state index contributed by atoms with van der Waals surface area (Å²) in [7, 11) is 5.69. The molecule has 2 saturated heterocycles. The summed E-state index contributed by atoms with van der Waals surface area (Å²) in [4.78, 5) is 22.4. The molecule has 4 aromatic rings. The molecular formula is C46H66Al2F2Li2N10O4-2. The maximum absolute atomic E-state index is 14.8. The Kier molecular flexibility index (Phi) is 28.6. The number of aromatic nitrogens is 4. The van der Waals surface area contributed by atoms with Crippen molar-refractivity contribution in [3.63, 3.8) is 0 Å². The fourth-order valence-electron chi connectivity index (χ4n) is 7.51. The van der Waals surface area contributed by atoms with E-state index in [1.54, 1.807) is 12.1 Å². The molecule has 4 aliphatic heterocycles. The van der Waals surface area contributed by atoms with Crippen LogP contribution in [-0.4, -0.2) is 156 Å². The number of nitrogens with two attached hydrogens (primary N) is 2. The number of fused-ring (bicyclic) bond motifs is 2. The molecule has 4 N–H and O–H groups in total. The predicted molar refractivity (Wildman–Crippen MR) is 259 cm³/mol. The van der Waals surface area contributed by atoms with Gasteiger partial charge in [-0.05, 0) is 63.1 Å². The van der Waals surface area contributed by atoms with Crippen LogP contribution in [0.2, 0.25) is 4.78 Å². The fourth-order valence-corrected chi connectivity index (χ4v) is 8.04. The second-order valence-corrected chi connectivity index (χ2v) is 17.0. The van der Waals surface area contributed by atoms with Gasteiger partial charge in [0.2, 0.25) is 0 Å². The molecule has 0 spiro atoms. The van der Waals surface area contributed by atoms with Crippen LogP contribution in [0.1, 0.15) is 69.9 Å². The van der Waals surface area contributed by atoms with Crippen molar-refractivity contribution in [1.82, 2.24) is 29.7 Å². The first-order chi connectivity index (χ1) is 30.0. The first-order valence-electron chi connectivity index (χ1n) is 21.3. The number of likely N-dealkylation sites (tertiary alicyclic amines) is 1. The molecule has 0 atom stereocenters. The molecule has 14 nitrogen and oxygen atoms in total. The van der Waals surface area contributed by atoms with Crippen molar-refractivity contribution in [3.05, 3.63) is 77.5 Å². The Morgan fingerprint density at radius 2 is 1.24 bits per heavy atom. The molecule has 0 saturated carbocycles. The van der Waals surface area contributed by atoms with Gasteiger partial charge in [-0.2, -0.15) is 4.44 Å². The van der Waals surface area contributed by atoms with Crippen LogP contribution in [0.3, 0.4) is 0 Å². The largest absolute Gasteiger partial charge is 1.00 e. The molecule has 2 aromatic carbocycles. The molecule has 2 fully saturated rings. The van der Waals surface area contributed by atoms with Gasteiger partial charge in [0.15, 0.2) is 56.7 Å². The molecule has 8 rings (SSSR count). The van der Waals surface area contributed by atoms with Gasteiger partial charge in [0.05, 0.1) is 28.4 Å². The van der Waals surface area contributed by atoms with Gasteiger partial charge < -0.3 is 60.8 Å². The van der Waals surface area contributed by atoms with E-state index in [9.17, 15) is 8.78 Å². The molecule has 0 amide bonds. The number of rotatable bonds is 8. The first-order valence-corrected chi connectivity index (χ1v) is 22.6. The molecule has 4 aliphatic rings. The van der Waals surface area contributed by atoms with E-state index in [2.05, 4.69) is 98.9 Å². The number of piperidine rings is 2. The fraction of sp³-hybridized carbons (Fsp3) is 0.522. The Labute approximate surface area is 432 Å². The quantitative estimate of drug-likeness (QED) is 0.194. The number of methoxy groups -OCH3 is 4. The van der Waals surface area contributed by atoms with Crippen molar-refractivity contribution >= 4 is 71.6 Å². The summed E-state index contributed by atoms with van der Waals surface area (Å²) in [6, 6.07) is 3.22. The predicted octanol–water partition coefficient (Wildman–Crippen LogP) is 1.88. The summed E-state index contributed by atoms with van der Waals surface area (Å²) < 4.78 is 52.4. The minimum absolute atomic E-state index is 0. The van der Waals surface area contributed by atoms with E-state index in [0.717, 1.165) is 101 Å². The van der Waals surface area contributed by atoms with Crippen LogP contribution < -0.4 is 68.1 Å². The van der Waals surface area contributed by atoms with Gasteiger partial charge in [-0.1, -0.05) is 39.2 Å². The number of hydrogen-bond donors (Lipinski definition) is 2. The van der Waals surface area contributed by atoms with Crippen LogP contribution in [-0.2, 0) is 0 Å². The van der Waals surface area contributed by atoms with Gasteiger partial charge in [-0.15, -0.1) is 37.0 Å². The maximum atomic E-state index is 14.8. The van der Waals surface area contributed by atoms with Crippen LogP contribution in [0, 0.1) is 26.5 Å². The third-order valence-electron chi connectivity index (χ3n) is 11.4. The number of hydrogen-bond acceptors (Lipinski definition) is 12. The van der Waals surface area contributed by atoms with Gasteiger partial charge in [0, 0.05) is 29.8 Å². The summed E-state index contributed by atoms with van der Waals surface area (Å²) in [5, 5.41) is 9.21. The minimum Gasteiger partial charge on any atom is -0.662 e. The normalized spacial score (nSPS) is 16.5. The Bertz CT molecular complexity index is 2180. The van der Waals surface area contributed by atoms with E-state index >= 15 is 0 Å². The Balaban J connectivity index is 0.000000487. The average Bonchev–Trinajstić information content (AvgIpc) is 3.30. The third kappa shape index (κ3) is 16.2. The summed E-state index contributed by atoms with van der Waals surface area (Å²) in [6.07, 6.45) is 10.6. The van der Waals surface area contributed by atoms with E-state index in [4.69, 9.17) is 30.4 Å². The summed E-state index contributed by atoms with van der Waals surface area (Å²) in [5.41, 5.74) is 13.4. The Morgan fingerprint density at radius 1 is 0.697 bits per heavy atom. The van der Waals surface area contributed by atoms with Crippen LogP contribution in [0.5, 0.6) is 23.0 Å². The molecule has 6 heterocycles. The minimum atomic E-state index is -0.589. The second kappa shape index (κ2) is 30.8. The topological polar surface area (TPSA) is 175 Å². The van der Waals surface area contributed by atoms with Crippen LogP contribution >= 0.6 is 0 Å². The first kappa shape index (κ1) is 61.4. The third-order valence-corrected chi connectivity index (χ3v) is 12.6. The van der Waals surface area contributed by atoms with Gasteiger partial charge in [0.25, 0.3) is 0 Å². The van der Waals surface area contributed by atoms with Crippen molar-refractivity contribution in [1.29, 1.82) is 0 Å². The molecule has 20 heteroatoms. The van der Waals surface area contributed by atoms with Crippen LogP contribution in [0.25, 0.3) is 38.0 Å². The van der Waals surface area contributed by atoms with E-state index in [0.29, 0.717) is 22.4 Å².